The van der Waals surface area contributed by atoms with Gasteiger partial charge in [0.25, 0.3) is 5.56 Å². The molecule has 1 aliphatic rings. The standard InChI is InChI=1S/C31H31ClN4O3S/c1-7-39-30(38)27-19(3)33-31-36(28(27)21-8-12-24(13-9-21)34(5)6)29(37)26(40-31)17-22-16-18(2)35(20(22)4)25-14-10-23(32)11-15-25/h8-17,28H,7H2,1-6H3/b26-17-/t28-/m0/s1. The quantitative estimate of drug-likeness (QED) is 0.306. The van der Waals surface area contributed by atoms with Gasteiger partial charge in [0.1, 0.15) is 0 Å². The van der Waals surface area contributed by atoms with Gasteiger partial charge < -0.3 is 14.2 Å². The maximum Gasteiger partial charge on any atom is 0.338 e. The Balaban J connectivity index is 1.67. The van der Waals surface area contributed by atoms with E-state index in [1.54, 1.807) is 18.4 Å². The molecule has 4 aromatic rings. The number of carbonyl (C=O) groups is 1. The minimum Gasteiger partial charge on any atom is -0.463 e. The molecule has 0 saturated carbocycles. The van der Waals surface area contributed by atoms with E-state index in [4.69, 9.17) is 21.3 Å². The third-order valence-electron chi connectivity index (χ3n) is 7.08. The summed E-state index contributed by atoms with van der Waals surface area (Å²) in [5.74, 6) is -0.466. The van der Waals surface area contributed by atoms with Crippen molar-refractivity contribution in [3.63, 3.8) is 0 Å². The molecule has 0 aliphatic carbocycles. The van der Waals surface area contributed by atoms with Crippen LogP contribution in [0.1, 0.15) is 42.4 Å². The summed E-state index contributed by atoms with van der Waals surface area (Å²) in [6, 6.07) is 17.0. The minimum atomic E-state index is -0.643. The molecule has 206 valence electrons. The number of aromatic nitrogens is 2. The zero-order chi connectivity index (χ0) is 28.7. The summed E-state index contributed by atoms with van der Waals surface area (Å²) in [6.45, 7) is 7.86. The van der Waals surface area contributed by atoms with Gasteiger partial charge in [-0.3, -0.25) is 9.36 Å². The molecule has 1 atom stereocenters. The van der Waals surface area contributed by atoms with Crippen molar-refractivity contribution < 1.29 is 9.53 Å². The molecule has 9 heteroatoms. The lowest BCUT2D eigenvalue weighted by Crippen LogP contribution is -2.40. The Labute approximate surface area is 241 Å². The number of rotatable bonds is 6. The maximum absolute atomic E-state index is 14.0. The third-order valence-corrected chi connectivity index (χ3v) is 8.32. The summed E-state index contributed by atoms with van der Waals surface area (Å²) in [5.41, 5.74) is 6.54. The number of hydrogen-bond acceptors (Lipinski definition) is 6. The number of benzene rings is 2. The normalized spacial score (nSPS) is 15.2. The zero-order valence-corrected chi connectivity index (χ0v) is 24.9. The lowest BCUT2D eigenvalue weighted by atomic mass is 9.95. The van der Waals surface area contributed by atoms with Gasteiger partial charge in [0.2, 0.25) is 0 Å². The molecule has 1 aliphatic heterocycles. The molecule has 0 saturated heterocycles. The van der Waals surface area contributed by atoms with E-state index in [0.29, 0.717) is 25.6 Å². The molecule has 2 aromatic heterocycles. The summed E-state index contributed by atoms with van der Waals surface area (Å²) in [4.78, 5) is 34.4. The van der Waals surface area contributed by atoms with Crippen LogP contribution < -0.4 is 19.8 Å². The van der Waals surface area contributed by atoms with Crippen molar-refractivity contribution >= 4 is 40.7 Å². The van der Waals surface area contributed by atoms with Crippen LogP contribution in [0.3, 0.4) is 0 Å². The van der Waals surface area contributed by atoms with E-state index in [1.807, 2.05) is 87.4 Å². The molecule has 0 radical (unpaired) electrons. The van der Waals surface area contributed by atoms with Crippen molar-refractivity contribution in [2.75, 3.05) is 25.6 Å². The highest BCUT2D eigenvalue weighted by Crippen LogP contribution is 2.31. The van der Waals surface area contributed by atoms with Crippen molar-refractivity contribution in [1.29, 1.82) is 0 Å². The van der Waals surface area contributed by atoms with Gasteiger partial charge in [0, 0.05) is 41.9 Å². The molecule has 0 unspecified atom stereocenters. The molecule has 0 spiro atoms. The number of ether oxygens (including phenoxy) is 1. The van der Waals surface area contributed by atoms with Crippen LogP contribution in [0.5, 0.6) is 0 Å². The fourth-order valence-corrected chi connectivity index (χ4v) is 6.29. The van der Waals surface area contributed by atoms with Gasteiger partial charge in [0.15, 0.2) is 4.80 Å². The molecule has 0 amide bonds. The number of esters is 1. The number of thiazole rings is 1. The Morgan fingerprint density at radius 3 is 2.40 bits per heavy atom. The average molecular weight is 575 g/mol. The summed E-state index contributed by atoms with van der Waals surface area (Å²) >= 11 is 7.42. The van der Waals surface area contributed by atoms with Crippen molar-refractivity contribution in [3.05, 3.63) is 113 Å². The summed E-state index contributed by atoms with van der Waals surface area (Å²) in [5, 5.41) is 0.677. The van der Waals surface area contributed by atoms with E-state index < -0.39 is 12.0 Å². The number of hydrogen-bond donors (Lipinski definition) is 0. The lowest BCUT2D eigenvalue weighted by molar-refractivity contribution is -0.139. The van der Waals surface area contributed by atoms with E-state index in [1.165, 1.54) is 11.3 Å². The number of fused-ring (bicyclic) bond motifs is 1. The highest BCUT2D eigenvalue weighted by atomic mass is 35.5. The van der Waals surface area contributed by atoms with Crippen molar-refractivity contribution in [2.45, 2.75) is 33.7 Å². The van der Waals surface area contributed by atoms with Gasteiger partial charge >= 0.3 is 5.97 Å². The van der Waals surface area contributed by atoms with Crippen LogP contribution in [0.15, 0.2) is 75.7 Å². The molecule has 3 heterocycles. The first-order valence-electron chi connectivity index (χ1n) is 13.0. The lowest BCUT2D eigenvalue weighted by Gasteiger charge is -2.25. The van der Waals surface area contributed by atoms with E-state index >= 15 is 0 Å². The van der Waals surface area contributed by atoms with Gasteiger partial charge in [-0.25, -0.2) is 9.79 Å². The number of anilines is 1. The molecule has 40 heavy (non-hydrogen) atoms. The van der Waals surface area contributed by atoms with E-state index in [-0.39, 0.29) is 12.2 Å². The average Bonchev–Trinajstić information content (AvgIpc) is 3.38. The Bertz CT molecular complexity index is 1810. The summed E-state index contributed by atoms with van der Waals surface area (Å²) in [7, 11) is 3.94. The first-order valence-corrected chi connectivity index (χ1v) is 14.2. The highest BCUT2D eigenvalue weighted by molar-refractivity contribution is 7.07. The highest BCUT2D eigenvalue weighted by Gasteiger charge is 2.33. The smallest absolute Gasteiger partial charge is 0.338 e. The monoisotopic (exact) mass is 574 g/mol. The Morgan fingerprint density at radius 2 is 1.77 bits per heavy atom. The van der Waals surface area contributed by atoms with E-state index in [0.717, 1.165) is 33.9 Å². The van der Waals surface area contributed by atoms with Crippen LogP contribution in [0, 0.1) is 13.8 Å². The van der Waals surface area contributed by atoms with Gasteiger partial charge in [0.05, 0.1) is 28.5 Å². The second kappa shape index (κ2) is 10.9. The predicted molar refractivity (Wildman–Crippen MR) is 161 cm³/mol. The van der Waals surface area contributed by atoms with Crippen LogP contribution in [-0.4, -0.2) is 35.8 Å². The van der Waals surface area contributed by atoms with Crippen molar-refractivity contribution in [3.8, 4) is 5.69 Å². The molecule has 0 fully saturated rings. The van der Waals surface area contributed by atoms with Crippen LogP contribution in [-0.2, 0) is 9.53 Å². The Hall–Kier alpha value is -3.88. The number of aryl methyl sites for hydroxylation is 1. The second-order valence-corrected chi connectivity index (χ2v) is 11.4. The maximum atomic E-state index is 14.0. The molecule has 0 bridgehead atoms. The van der Waals surface area contributed by atoms with Crippen LogP contribution in [0.2, 0.25) is 5.02 Å². The first kappa shape index (κ1) is 27.7. The third kappa shape index (κ3) is 4.93. The topological polar surface area (TPSA) is 68.8 Å². The fraction of sp³-hybridized carbons (Fsp3) is 0.258. The molecular formula is C31H31ClN4O3S. The minimum absolute atomic E-state index is 0.198. The second-order valence-electron chi connectivity index (χ2n) is 9.93. The van der Waals surface area contributed by atoms with Crippen LogP contribution in [0.25, 0.3) is 11.8 Å². The van der Waals surface area contributed by atoms with Crippen LogP contribution >= 0.6 is 22.9 Å². The Morgan fingerprint density at radius 1 is 1.10 bits per heavy atom. The van der Waals surface area contributed by atoms with E-state index in [9.17, 15) is 9.59 Å². The fourth-order valence-electron chi connectivity index (χ4n) is 5.12. The molecular weight excluding hydrogens is 544 g/mol. The summed E-state index contributed by atoms with van der Waals surface area (Å²) in [6.07, 6.45) is 1.91. The summed E-state index contributed by atoms with van der Waals surface area (Å²) < 4.78 is 9.71. The predicted octanol–water partition coefficient (Wildman–Crippen LogP) is 4.93. The number of nitrogens with zero attached hydrogens (tertiary/aromatic N) is 4. The molecule has 5 rings (SSSR count). The largest absolute Gasteiger partial charge is 0.463 e. The van der Waals surface area contributed by atoms with Gasteiger partial charge in [-0.2, -0.15) is 0 Å². The van der Waals surface area contributed by atoms with Crippen molar-refractivity contribution in [1.82, 2.24) is 9.13 Å². The number of carbonyl (C=O) groups excluding carboxylic acids is 1. The molecule has 7 nitrogen and oxygen atoms in total. The zero-order valence-electron chi connectivity index (χ0n) is 23.4. The van der Waals surface area contributed by atoms with Crippen LogP contribution in [0.4, 0.5) is 5.69 Å². The van der Waals surface area contributed by atoms with E-state index in [2.05, 4.69) is 10.6 Å². The number of allylic oxidation sites excluding steroid dienone is 1. The first-order chi connectivity index (χ1) is 19.1. The van der Waals surface area contributed by atoms with Crippen molar-refractivity contribution in [2.24, 2.45) is 4.99 Å². The van der Waals surface area contributed by atoms with Gasteiger partial charge in [-0.15, -0.1) is 0 Å². The molecule has 0 N–H and O–H groups in total. The molecule has 2 aromatic carbocycles. The van der Waals surface area contributed by atoms with Gasteiger partial charge in [-0.05, 0) is 87.4 Å². The SMILES string of the molecule is CCOC(=O)C1=C(C)N=c2s/c(=C\c3cc(C)n(-c4ccc(Cl)cc4)c3C)c(=O)n2[C@H]1c1ccc(N(C)C)cc1. The Kier molecular flexibility index (Phi) is 7.57. The van der Waals surface area contributed by atoms with Gasteiger partial charge in [-0.1, -0.05) is 35.1 Å². The number of halogens is 1.